The lowest BCUT2D eigenvalue weighted by Crippen LogP contribution is -2.06. The summed E-state index contributed by atoms with van der Waals surface area (Å²) >= 11 is 0. The van der Waals surface area contributed by atoms with Crippen molar-refractivity contribution in [3.8, 4) is 5.75 Å². The van der Waals surface area contributed by atoms with E-state index < -0.39 is 5.63 Å². The largest absolute Gasteiger partial charge is 0.507 e. The molecule has 0 radical (unpaired) electrons. The van der Waals surface area contributed by atoms with Crippen LogP contribution in [0.3, 0.4) is 0 Å². The molecule has 0 fully saturated rings. The average molecular weight is 208 g/mol. The van der Waals surface area contributed by atoms with Crippen LogP contribution < -0.4 is 5.63 Å². The molecular weight excluding hydrogens is 192 g/mol. The van der Waals surface area contributed by atoms with E-state index in [9.17, 15) is 9.90 Å². The van der Waals surface area contributed by atoms with Crippen molar-refractivity contribution in [2.24, 2.45) is 0 Å². The summed E-state index contributed by atoms with van der Waals surface area (Å²) in [4.78, 5) is 11.4. The predicted octanol–water partition coefficient (Wildman–Crippen LogP) is 2.78. The summed E-state index contributed by atoms with van der Waals surface area (Å²) in [7, 11) is 0. The van der Waals surface area contributed by atoms with Gasteiger partial charge in [0, 0.05) is 5.56 Å². The second kappa shape index (κ2) is 4.34. The van der Waals surface area contributed by atoms with E-state index in [0.717, 1.165) is 12.0 Å². The summed E-state index contributed by atoms with van der Waals surface area (Å²) in [5.74, 6) is 0.509. The smallest absolute Gasteiger partial charge is 0.342 e. The van der Waals surface area contributed by atoms with Gasteiger partial charge in [-0.05, 0) is 32.8 Å². The summed E-state index contributed by atoms with van der Waals surface area (Å²) in [6.45, 7) is 7.17. The maximum atomic E-state index is 11.4. The zero-order valence-electron chi connectivity index (χ0n) is 9.55. The summed E-state index contributed by atoms with van der Waals surface area (Å²) < 4.78 is 5.15. The Bertz CT molecular complexity index is 453. The molecule has 0 saturated carbocycles. The lowest BCUT2D eigenvalue weighted by Gasteiger charge is -2.07. The first kappa shape index (κ1) is 11.6. The molecule has 0 spiro atoms. The number of hydrogen-bond acceptors (Lipinski definition) is 3. The fraction of sp³-hybridized carbons (Fsp3) is 0.417. The highest BCUT2D eigenvalue weighted by Crippen LogP contribution is 2.26. The van der Waals surface area contributed by atoms with Crippen LogP contribution in [-0.4, -0.2) is 5.11 Å². The van der Waals surface area contributed by atoms with Gasteiger partial charge in [-0.1, -0.05) is 13.0 Å². The quantitative estimate of drug-likeness (QED) is 0.813. The first-order chi connectivity index (χ1) is 6.99. The molecule has 15 heavy (non-hydrogen) atoms. The SMILES string of the molecule is CC/C=C(\C)c1oc(=O)c(C)c(O)c1C. The molecule has 0 atom stereocenters. The van der Waals surface area contributed by atoms with Crippen molar-refractivity contribution in [1.82, 2.24) is 0 Å². The van der Waals surface area contributed by atoms with Crippen molar-refractivity contribution in [2.45, 2.75) is 34.1 Å². The van der Waals surface area contributed by atoms with E-state index in [1.165, 1.54) is 0 Å². The van der Waals surface area contributed by atoms with E-state index >= 15 is 0 Å². The van der Waals surface area contributed by atoms with Crippen molar-refractivity contribution in [1.29, 1.82) is 0 Å². The van der Waals surface area contributed by atoms with Crippen LogP contribution in [0.25, 0.3) is 5.57 Å². The van der Waals surface area contributed by atoms with Crippen LogP contribution >= 0.6 is 0 Å². The van der Waals surface area contributed by atoms with Crippen LogP contribution in [0.5, 0.6) is 5.75 Å². The molecule has 0 aliphatic heterocycles. The van der Waals surface area contributed by atoms with E-state index in [1.807, 2.05) is 19.9 Å². The van der Waals surface area contributed by atoms with E-state index in [4.69, 9.17) is 4.42 Å². The minimum Gasteiger partial charge on any atom is -0.507 e. The van der Waals surface area contributed by atoms with Gasteiger partial charge < -0.3 is 9.52 Å². The Morgan fingerprint density at radius 3 is 2.53 bits per heavy atom. The molecule has 0 aliphatic carbocycles. The highest BCUT2D eigenvalue weighted by molar-refractivity contribution is 5.64. The van der Waals surface area contributed by atoms with Crippen LogP contribution in [-0.2, 0) is 0 Å². The molecular formula is C12H16O3. The molecule has 82 valence electrons. The fourth-order valence-electron chi connectivity index (χ4n) is 1.51. The van der Waals surface area contributed by atoms with Crippen molar-refractivity contribution in [3.05, 3.63) is 33.4 Å². The standard InChI is InChI=1S/C12H16O3/c1-5-6-7(2)11-8(3)10(13)9(4)12(14)15-11/h6,13H,5H2,1-4H3/b7-6+. The Morgan fingerprint density at radius 1 is 1.40 bits per heavy atom. The molecule has 0 amide bonds. The molecule has 1 aromatic rings. The molecule has 1 rings (SSSR count). The van der Waals surface area contributed by atoms with Gasteiger partial charge in [-0.15, -0.1) is 0 Å². The van der Waals surface area contributed by atoms with Gasteiger partial charge in [0.1, 0.15) is 11.5 Å². The molecule has 0 saturated heterocycles. The zero-order chi connectivity index (χ0) is 11.6. The summed E-state index contributed by atoms with van der Waals surface area (Å²) in [6, 6.07) is 0. The van der Waals surface area contributed by atoms with E-state index in [1.54, 1.807) is 13.8 Å². The number of hydrogen-bond donors (Lipinski definition) is 1. The number of allylic oxidation sites excluding steroid dienone is 2. The fourth-order valence-corrected chi connectivity index (χ4v) is 1.51. The molecule has 0 unspecified atom stereocenters. The molecule has 1 N–H and O–H groups in total. The number of rotatable bonds is 2. The zero-order valence-corrected chi connectivity index (χ0v) is 9.55. The lowest BCUT2D eigenvalue weighted by atomic mass is 10.1. The maximum Gasteiger partial charge on any atom is 0.342 e. The van der Waals surface area contributed by atoms with E-state index in [2.05, 4.69) is 0 Å². The normalized spacial score (nSPS) is 11.9. The third-order valence-corrected chi connectivity index (χ3v) is 2.42. The molecule has 0 aliphatic rings. The molecule has 3 nitrogen and oxygen atoms in total. The van der Waals surface area contributed by atoms with Crippen LogP contribution in [0.2, 0.25) is 0 Å². The van der Waals surface area contributed by atoms with Gasteiger partial charge in [0.2, 0.25) is 0 Å². The Kier molecular flexibility index (Phi) is 3.35. The highest BCUT2D eigenvalue weighted by atomic mass is 16.4. The van der Waals surface area contributed by atoms with Crippen molar-refractivity contribution in [2.75, 3.05) is 0 Å². The van der Waals surface area contributed by atoms with Crippen molar-refractivity contribution < 1.29 is 9.52 Å². The van der Waals surface area contributed by atoms with Gasteiger partial charge in [0.15, 0.2) is 0 Å². The van der Waals surface area contributed by atoms with Crippen LogP contribution in [0.1, 0.15) is 37.2 Å². The minimum absolute atomic E-state index is 0.0325. The minimum atomic E-state index is -0.475. The lowest BCUT2D eigenvalue weighted by molar-refractivity contribution is 0.428. The Balaban J connectivity index is 3.46. The van der Waals surface area contributed by atoms with Gasteiger partial charge in [-0.25, -0.2) is 4.79 Å². The van der Waals surface area contributed by atoms with Crippen LogP contribution in [0.4, 0.5) is 0 Å². The Labute approximate surface area is 89.1 Å². The predicted molar refractivity (Wildman–Crippen MR) is 60.1 cm³/mol. The Hall–Kier alpha value is -1.51. The molecule has 0 bridgehead atoms. The summed E-state index contributed by atoms with van der Waals surface area (Å²) in [6.07, 6.45) is 2.82. The molecule has 0 aromatic carbocycles. The Morgan fingerprint density at radius 2 is 2.00 bits per heavy atom. The third-order valence-electron chi connectivity index (χ3n) is 2.42. The van der Waals surface area contributed by atoms with Crippen LogP contribution in [0, 0.1) is 13.8 Å². The molecule has 1 aromatic heterocycles. The van der Waals surface area contributed by atoms with E-state index in [-0.39, 0.29) is 11.3 Å². The summed E-state index contributed by atoms with van der Waals surface area (Å²) in [5, 5.41) is 9.70. The second-order valence-electron chi connectivity index (χ2n) is 3.61. The van der Waals surface area contributed by atoms with Gasteiger partial charge in [-0.3, -0.25) is 0 Å². The van der Waals surface area contributed by atoms with Gasteiger partial charge in [-0.2, -0.15) is 0 Å². The van der Waals surface area contributed by atoms with Gasteiger partial charge in [0.25, 0.3) is 0 Å². The van der Waals surface area contributed by atoms with Crippen molar-refractivity contribution >= 4 is 5.57 Å². The van der Waals surface area contributed by atoms with E-state index in [0.29, 0.717) is 11.3 Å². The average Bonchev–Trinajstić information content (AvgIpc) is 2.20. The van der Waals surface area contributed by atoms with Crippen LogP contribution in [0.15, 0.2) is 15.3 Å². The maximum absolute atomic E-state index is 11.4. The second-order valence-corrected chi connectivity index (χ2v) is 3.61. The monoisotopic (exact) mass is 208 g/mol. The van der Waals surface area contributed by atoms with Crippen molar-refractivity contribution in [3.63, 3.8) is 0 Å². The first-order valence-corrected chi connectivity index (χ1v) is 4.99. The molecule has 1 heterocycles. The topological polar surface area (TPSA) is 50.4 Å². The van der Waals surface area contributed by atoms with Gasteiger partial charge >= 0.3 is 5.63 Å². The van der Waals surface area contributed by atoms with Gasteiger partial charge in [0.05, 0.1) is 5.56 Å². The highest BCUT2D eigenvalue weighted by Gasteiger charge is 2.13. The third kappa shape index (κ3) is 2.12. The first-order valence-electron chi connectivity index (χ1n) is 4.99. The summed E-state index contributed by atoms with van der Waals surface area (Å²) in [5.41, 5.74) is 1.29. The number of aromatic hydroxyl groups is 1. The molecule has 3 heteroatoms.